The van der Waals surface area contributed by atoms with Crippen LogP contribution in [0.15, 0.2) is 71.6 Å². The number of ether oxygens (including phenoxy) is 1. The molecule has 166 valence electrons. The number of carbonyl (C=O) groups excluding carboxylic acids is 1. The molecule has 0 spiro atoms. The summed E-state index contributed by atoms with van der Waals surface area (Å²) in [6.45, 7) is 0.849. The molecule has 4 N–H and O–H groups in total. The van der Waals surface area contributed by atoms with Crippen molar-refractivity contribution < 1.29 is 9.53 Å². The lowest BCUT2D eigenvalue weighted by Crippen LogP contribution is -2.47. The molecular formula is C24H25ClN4O2S. The van der Waals surface area contributed by atoms with Crippen LogP contribution in [0.1, 0.15) is 11.1 Å². The molecule has 6 nitrogen and oxygen atoms in total. The molecule has 0 bridgehead atoms. The van der Waals surface area contributed by atoms with E-state index >= 15 is 0 Å². The number of nitrogens with one attached hydrogen (secondary N) is 2. The van der Waals surface area contributed by atoms with E-state index in [0.717, 1.165) is 33.1 Å². The third-order valence-corrected chi connectivity index (χ3v) is 6.67. The Balaban J connectivity index is 1.48. The van der Waals surface area contributed by atoms with Gasteiger partial charge in [-0.05, 0) is 47.9 Å². The SMILES string of the molecule is COc1cccc(CCNC(=O)NC2Sc3ccccc3N2c2c(Cl)cccc2CN)c1. The lowest BCUT2D eigenvalue weighted by atomic mass is 10.1. The fourth-order valence-electron chi connectivity index (χ4n) is 3.69. The number of benzene rings is 3. The fraction of sp³-hybridized carbons (Fsp3) is 0.208. The fourth-order valence-corrected chi connectivity index (χ4v) is 5.15. The molecule has 1 unspecified atom stereocenters. The number of amides is 2. The van der Waals surface area contributed by atoms with E-state index in [0.29, 0.717) is 24.5 Å². The molecule has 1 aliphatic rings. The van der Waals surface area contributed by atoms with Crippen molar-refractivity contribution in [3.63, 3.8) is 0 Å². The van der Waals surface area contributed by atoms with E-state index in [4.69, 9.17) is 22.1 Å². The van der Waals surface area contributed by atoms with E-state index in [2.05, 4.69) is 10.6 Å². The number of para-hydroxylation sites is 2. The smallest absolute Gasteiger partial charge is 0.317 e. The maximum absolute atomic E-state index is 12.7. The Morgan fingerprint density at radius 1 is 1.16 bits per heavy atom. The molecule has 1 aliphatic heterocycles. The number of thioether (sulfide) groups is 1. The van der Waals surface area contributed by atoms with Gasteiger partial charge in [0.25, 0.3) is 0 Å². The van der Waals surface area contributed by atoms with Crippen LogP contribution in [0.4, 0.5) is 16.2 Å². The van der Waals surface area contributed by atoms with Crippen LogP contribution in [0.5, 0.6) is 5.75 Å². The minimum absolute atomic E-state index is 0.246. The summed E-state index contributed by atoms with van der Waals surface area (Å²) in [6.07, 6.45) is 0.703. The Bertz CT molecular complexity index is 1110. The summed E-state index contributed by atoms with van der Waals surface area (Å²) in [7, 11) is 1.64. The van der Waals surface area contributed by atoms with Gasteiger partial charge in [0.2, 0.25) is 0 Å². The van der Waals surface area contributed by atoms with Gasteiger partial charge >= 0.3 is 6.03 Å². The molecule has 4 rings (SSSR count). The van der Waals surface area contributed by atoms with E-state index < -0.39 is 0 Å². The average molecular weight is 469 g/mol. The molecule has 3 aromatic rings. The zero-order valence-corrected chi connectivity index (χ0v) is 19.2. The highest BCUT2D eigenvalue weighted by Crippen LogP contribution is 2.49. The van der Waals surface area contributed by atoms with Gasteiger partial charge in [-0.3, -0.25) is 0 Å². The summed E-state index contributed by atoms with van der Waals surface area (Å²) in [5.74, 6) is 0.804. The molecule has 0 radical (unpaired) electrons. The number of nitrogens with zero attached hydrogens (tertiary/aromatic N) is 1. The van der Waals surface area contributed by atoms with Crippen molar-refractivity contribution in [2.75, 3.05) is 18.6 Å². The molecule has 8 heteroatoms. The molecule has 32 heavy (non-hydrogen) atoms. The average Bonchev–Trinajstić information content (AvgIpc) is 3.16. The van der Waals surface area contributed by atoms with Crippen LogP contribution >= 0.6 is 23.4 Å². The summed E-state index contributed by atoms with van der Waals surface area (Å²) in [5.41, 5.74) is 9.46. The first-order chi connectivity index (χ1) is 15.6. The van der Waals surface area contributed by atoms with E-state index in [-0.39, 0.29) is 11.5 Å². The van der Waals surface area contributed by atoms with Crippen LogP contribution in [0, 0.1) is 0 Å². The van der Waals surface area contributed by atoms with Gasteiger partial charge < -0.3 is 26.0 Å². The van der Waals surface area contributed by atoms with Crippen molar-refractivity contribution in [3.05, 3.63) is 82.9 Å². The molecule has 0 saturated heterocycles. The number of fused-ring (bicyclic) bond motifs is 1. The molecule has 0 fully saturated rings. The summed E-state index contributed by atoms with van der Waals surface area (Å²) < 4.78 is 5.26. The normalized spacial score (nSPS) is 14.7. The number of rotatable bonds is 7. The molecule has 1 atom stereocenters. The third-order valence-electron chi connectivity index (χ3n) is 5.22. The van der Waals surface area contributed by atoms with Gasteiger partial charge in [0.05, 0.1) is 23.5 Å². The minimum atomic E-state index is -0.352. The van der Waals surface area contributed by atoms with Crippen molar-refractivity contribution in [3.8, 4) is 5.75 Å². The van der Waals surface area contributed by atoms with E-state index in [1.54, 1.807) is 18.9 Å². The zero-order valence-electron chi connectivity index (χ0n) is 17.7. The van der Waals surface area contributed by atoms with Gasteiger partial charge in [-0.25, -0.2) is 4.79 Å². The summed E-state index contributed by atoms with van der Waals surface area (Å²) in [6, 6.07) is 21.3. The largest absolute Gasteiger partial charge is 0.497 e. The van der Waals surface area contributed by atoms with Gasteiger partial charge in [-0.1, -0.05) is 59.8 Å². The first-order valence-electron chi connectivity index (χ1n) is 10.3. The number of carbonyl (C=O) groups is 1. The second kappa shape index (κ2) is 10.2. The second-order valence-corrected chi connectivity index (χ2v) is 8.79. The molecule has 0 saturated carbocycles. The molecule has 1 heterocycles. The first kappa shape index (κ1) is 22.3. The Morgan fingerprint density at radius 3 is 2.78 bits per heavy atom. The van der Waals surface area contributed by atoms with Crippen LogP contribution in [0.25, 0.3) is 0 Å². The van der Waals surface area contributed by atoms with Gasteiger partial charge in [-0.2, -0.15) is 0 Å². The van der Waals surface area contributed by atoms with Crippen molar-refractivity contribution in [2.24, 2.45) is 5.73 Å². The van der Waals surface area contributed by atoms with Crippen LogP contribution in [-0.4, -0.2) is 25.2 Å². The number of methoxy groups -OCH3 is 1. The highest BCUT2D eigenvalue weighted by Gasteiger charge is 2.34. The Morgan fingerprint density at radius 2 is 1.97 bits per heavy atom. The van der Waals surface area contributed by atoms with Crippen molar-refractivity contribution in [1.29, 1.82) is 0 Å². The molecule has 0 aliphatic carbocycles. The monoisotopic (exact) mass is 468 g/mol. The predicted molar refractivity (Wildman–Crippen MR) is 131 cm³/mol. The second-order valence-electron chi connectivity index (χ2n) is 7.26. The standard InChI is InChI=1S/C24H25ClN4O2S/c1-31-18-8-4-6-16(14-18)12-13-27-23(30)28-24-29(20-10-2-3-11-21(20)32-24)22-17(15-26)7-5-9-19(22)25/h2-11,14,24H,12-13,15,26H2,1H3,(H2,27,28,30). The molecule has 3 aromatic carbocycles. The van der Waals surface area contributed by atoms with Crippen LogP contribution in [0.2, 0.25) is 5.02 Å². The molecule has 2 amide bonds. The molecule has 0 aromatic heterocycles. The topological polar surface area (TPSA) is 79.6 Å². The number of urea groups is 1. The highest BCUT2D eigenvalue weighted by atomic mass is 35.5. The van der Waals surface area contributed by atoms with Gasteiger partial charge in [0, 0.05) is 18.0 Å². The number of nitrogens with two attached hydrogens (primary N) is 1. The van der Waals surface area contributed by atoms with Crippen molar-refractivity contribution >= 4 is 40.8 Å². The van der Waals surface area contributed by atoms with Gasteiger partial charge in [-0.15, -0.1) is 0 Å². The van der Waals surface area contributed by atoms with Gasteiger partial charge in [0.1, 0.15) is 5.75 Å². The minimum Gasteiger partial charge on any atom is -0.497 e. The molecular weight excluding hydrogens is 444 g/mol. The first-order valence-corrected chi connectivity index (χ1v) is 11.6. The lowest BCUT2D eigenvalue weighted by Gasteiger charge is -2.30. The summed E-state index contributed by atoms with van der Waals surface area (Å²) in [4.78, 5) is 15.8. The number of halogens is 1. The third kappa shape index (κ3) is 4.80. The number of hydrogen-bond acceptors (Lipinski definition) is 5. The van der Waals surface area contributed by atoms with Crippen molar-refractivity contribution in [2.45, 2.75) is 23.4 Å². The maximum atomic E-state index is 12.7. The van der Waals surface area contributed by atoms with Crippen molar-refractivity contribution in [1.82, 2.24) is 10.6 Å². The Hall–Kier alpha value is -2.87. The Kier molecular flexibility index (Phi) is 7.09. The quantitative estimate of drug-likeness (QED) is 0.460. The number of hydrogen-bond donors (Lipinski definition) is 3. The van der Waals surface area contributed by atoms with Crippen LogP contribution in [0.3, 0.4) is 0 Å². The lowest BCUT2D eigenvalue weighted by molar-refractivity contribution is 0.240. The zero-order chi connectivity index (χ0) is 22.5. The Labute approximate surface area is 197 Å². The van der Waals surface area contributed by atoms with E-state index in [1.165, 1.54) is 0 Å². The summed E-state index contributed by atoms with van der Waals surface area (Å²) in [5, 5.41) is 6.62. The summed E-state index contributed by atoms with van der Waals surface area (Å²) >= 11 is 8.16. The maximum Gasteiger partial charge on any atom is 0.317 e. The van der Waals surface area contributed by atoms with E-state index in [9.17, 15) is 4.79 Å². The number of anilines is 2. The highest BCUT2D eigenvalue weighted by molar-refractivity contribution is 8.00. The van der Waals surface area contributed by atoms with Gasteiger partial charge in [0.15, 0.2) is 5.50 Å². The van der Waals surface area contributed by atoms with Crippen LogP contribution in [-0.2, 0) is 13.0 Å². The van der Waals surface area contributed by atoms with Crippen LogP contribution < -0.4 is 26.0 Å². The van der Waals surface area contributed by atoms with E-state index in [1.807, 2.05) is 71.6 Å². The predicted octanol–water partition coefficient (Wildman–Crippen LogP) is 4.88.